The molecule has 24 heavy (non-hydrogen) atoms. The van der Waals surface area contributed by atoms with Crippen LogP contribution in [0.25, 0.3) is 11.4 Å². The monoisotopic (exact) mass is 463 g/mol. The molecule has 0 saturated carbocycles. The van der Waals surface area contributed by atoms with Crippen LogP contribution >= 0.6 is 35.6 Å². The van der Waals surface area contributed by atoms with Crippen molar-refractivity contribution in [3.8, 4) is 11.4 Å². The summed E-state index contributed by atoms with van der Waals surface area (Å²) in [6, 6.07) is 7.76. The Balaban J connectivity index is 0.00000288. The number of nitrogens with zero attached hydrogens (tertiary/aromatic N) is 3. The van der Waals surface area contributed by atoms with Gasteiger partial charge in [-0.25, -0.2) is 0 Å². The van der Waals surface area contributed by atoms with E-state index < -0.39 is 0 Å². The fourth-order valence-corrected chi connectivity index (χ4v) is 2.11. The van der Waals surface area contributed by atoms with Crippen LogP contribution in [0.2, 0.25) is 5.02 Å². The van der Waals surface area contributed by atoms with Crippen molar-refractivity contribution in [3.05, 3.63) is 35.2 Å². The molecule has 132 valence electrons. The van der Waals surface area contributed by atoms with Gasteiger partial charge in [0.25, 0.3) is 0 Å². The summed E-state index contributed by atoms with van der Waals surface area (Å²) in [7, 11) is 1.75. The van der Waals surface area contributed by atoms with E-state index in [2.05, 4.69) is 39.6 Å². The first kappa shape index (κ1) is 20.7. The van der Waals surface area contributed by atoms with Crippen molar-refractivity contribution in [1.29, 1.82) is 0 Å². The second-order valence-corrected chi connectivity index (χ2v) is 5.66. The third-order valence-electron chi connectivity index (χ3n) is 3.40. The predicted octanol–water partition coefficient (Wildman–Crippen LogP) is 3.51. The highest BCUT2D eigenvalue weighted by Crippen LogP contribution is 2.19. The normalized spacial score (nSPS) is 12.4. The maximum atomic E-state index is 5.97. The molecule has 0 saturated heterocycles. The fraction of sp³-hybridized carbons (Fsp3) is 0.438. The molecule has 0 amide bonds. The summed E-state index contributed by atoms with van der Waals surface area (Å²) in [6.45, 7) is 4.90. The molecule has 2 aromatic rings. The molecule has 0 spiro atoms. The van der Waals surface area contributed by atoms with Crippen LogP contribution in [-0.2, 0) is 6.42 Å². The lowest BCUT2D eigenvalue weighted by molar-refractivity contribution is 0.378. The van der Waals surface area contributed by atoms with E-state index in [1.54, 1.807) is 7.05 Å². The Hall–Kier alpha value is -1.35. The van der Waals surface area contributed by atoms with Gasteiger partial charge in [-0.1, -0.05) is 35.8 Å². The van der Waals surface area contributed by atoms with E-state index in [0.717, 1.165) is 17.9 Å². The van der Waals surface area contributed by atoms with Crippen molar-refractivity contribution in [2.24, 2.45) is 4.99 Å². The van der Waals surface area contributed by atoms with Crippen molar-refractivity contribution in [2.45, 2.75) is 32.7 Å². The molecule has 2 N–H and O–H groups in total. The molecule has 1 heterocycles. The zero-order chi connectivity index (χ0) is 16.7. The smallest absolute Gasteiger partial charge is 0.228 e. The lowest BCUT2D eigenvalue weighted by Gasteiger charge is -2.15. The van der Waals surface area contributed by atoms with E-state index in [9.17, 15) is 0 Å². The molecule has 0 fully saturated rings. The zero-order valence-corrected chi connectivity index (χ0v) is 17.1. The van der Waals surface area contributed by atoms with Crippen molar-refractivity contribution >= 4 is 41.5 Å². The van der Waals surface area contributed by atoms with Gasteiger partial charge in [-0.2, -0.15) is 4.98 Å². The van der Waals surface area contributed by atoms with Crippen LogP contribution in [0, 0.1) is 0 Å². The summed E-state index contributed by atoms with van der Waals surface area (Å²) in [5.41, 5.74) is 0.842. The van der Waals surface area contributed by atoms with Crippen LogP contribution in [0.5, 0.6) is 0 Å². The molecule has 0 aliphatic heterocycles. The van der Waals surface area contributed by atoms with Crippen LogP contribution in [0.3, 0.4) is 0 Å². The molecule has 1 atom stereocenters. The first-order chi connectivity index (χ1) is 11.1. The molecule has 0 radical (unpaired) electrons. The molecule has 0 bridgehead atoms. The van der Waals surface area contributed by atoms with Crippen molar-refractivity contribution < 1.29 is 4.52 Å². The van der Waals surface area contributed by atoms with Crippen LogP contribution < -0.4 is 10.6 Å². The highest BCUT2D eigenvalue weighted by atomic mass is 127. The Morgan fingerprint density at radius 3 is 2.88 bits per heavy atom. The van der Waals surface area contributed by atoms with E-state index in [-0.39, 0.29) is 24.0 Å². The van der Waals surface area contributed by atoms with Gasteiger partial charge in [-0.3, -0.25) is 4.99 Å². The molecule has 1 aromatic heterocycles. The minimum Gasteiger partial charge on any atom is -0.356 e. The van der Waals surface area contributed by atoms with Gasteiger partial charge in [0.15, 0.2) is 5.96 Å². The van der Waals surface area contributed by atoms with Gasteiger partial charge in [0.2, 0.25) is 11.7 Å². The van der Waals surface area contributed by atoms with Gasteiger partial charge < -0.3 is 15.2 Å². The number of nitrogens with one attached hydrogen (secondary N) is 2. The lowest BCUT2D eigenvalue weighted by Crippen LogP contribution is -2.42. The Morgan fingerprint density at radius 1 is 1.42 bits per heavy atom. The van der Waals surface area contributed by atoms with E-state index in [1.165, 1.54) is 0 Å². The van der Waals surface area contributed by atoms with Crippen LogP contribution in [0.4, 0.5) is 0 Å². The highest BCUT2D eigenvalue weighted by molar-refractivity contribution is 14.0. The molecule has 1 unspecified atom stereocenters. The summed E-state index contributed by atoms with van der Waals surface area (Å²) in [6.07, 6.45) is 1.65. The van der Waals surface area contributed by atoms with Gasteiger partial charge in [0.1, 0.15) is 0 Å². The van der Waals surface area contributed by atoms with E-state index in [1.807, 2.05) is 24.3 Å². The number of rotatable bonds is 6. The van der Waals surface area contributed by atoms with Crippen LogP contribution in [0.15, 0.2) is 33.8 Å². The quantitative estimate of drug-likeness (QED) is 0.389. The molecule has 2 rings (SSSR count). The number of aromatic nitrogens is 2. The van der Waals surface area contributed by atoms with E-state index >= 15 is 0 Å². The minimum absolute atomic E-state index is 0. The number of aliphatic imine (C=N–C) groups is 1. The first-order valence-electron chi connectivity index (χ1n) is 7.68. The average molecular weight is 464 g/mol. The van der Waals surface area contributed by atoms with Gasteiger partial charge >= 0.3 is 0 Å². The molecular weight excluding hydrogens is 441 g/mol. The summed E-state index contributed by atoms with van der Waals surface area (Å²) >= 11 is 5.97. The number of hydrogen-bond donors (Lipinski definition) is 2. The fourth-order valence-electron chi connectivity index (χ4n) is 1.92. The number of benzene rings is 1. The van der Waals surface area contributed by atoms with Crippen molar-refractivity contribution in [2.75, 3.05) is 13.6 Å². The first-order valence-corrected chi connectivity index (χ1v) is 8.06. The second-order valence-electron chi connectivity index (χ2n) is 5.22. The third kappa shape index (κ3) is 6.27. The standard InChI is InChI=1S/C16H22ClN5O.HI/c1-4-11(2)20-16(18-3)19-9-8-14-21-15(22-23-14)12-6-5-7-13(17)10-12;/h5-7,10-11H,4,8-9H2,1-3H3,(H2,18,19,20);1H. The Kier molecular flexibility index (Phi) is 9.05. The van der Waals surface area contributed by atoms with Crippen molar-refractivity contribution in [1.82, 2.24) is 20.8 Å². The van der Waals surface area contributed by atoms with Gasteiger partial charge in [0.05, 0.1) is 0 Å². The lowest BCUT2D eigenvalue weighted by atomic mass is 10.2. The minimum atomic E-state index is 0. The van der Waals surface area contributed by atoms with Crippen LogP contribution in [0.1, 0.15) is 26.2 Å². The molecule has 0 aliphatic rings. The zero-order valence-electron chi connectivity index (χ0n) is 14.0. The molecule has 6 nitrogen and oxygen atoms in total. The molecule has 8 heteroatoms. The molecule has 1 aromatic carbocycles. The topological polar surface area (TPSA) is 75.3 Å². The number of hydrogen-bond acceptors (Lipinski definition) is 4. The van der Waals surface area contributed by atoms with Gasteiger partial charge in [-0.05, 0) is 25.5 Å². The Bertz CT molecular complexity index is 661. The predicted molar refractivity (Wildman–Crippen MR) is 108 cm³/mol. The maximum Gasteiger partial charge on any atom is 0.228 e. The van der Waals surface area contributed by atoms with Crippen LogP contribution in [-0.4, -0.2) is 35.7 Å². The molecular formula is C16H23ClIN5O. The number of halogens is 2. The maximum absolute atomic E-state index is 5.97. The van der Waals surface area contributed by atoms with E-state index in [0.29, 0.717) is 35.7 Å². The second kappa shape index (κ2) is 10.5. The van der Waals surface area contributed by atoms with Gasteiger partial charge in [-0.15, -0.1) is 24.0 Å². The Morgan fingerprint density at radius 2 is 2.21 bits per heavy atom. The summed E-state index contributed by atoms with van der Waals surface area (Å²) < 4.78 is 5.27. The third-order valence-corrected chi connectivity index (χ3v) is 3.64. The highest BCUT2D eigenvalue weighted by Gasteiger charge is 2.09. The summed E-state index contributed by atoms with van der Waals surface area (Å²) in [5.74, 6) is 1.89. The summed E-state index contributed by atoms with van der Waals surface area (Å²) in [4.78, 5) is 8.57. The largest absolute Gasteiger partial charge is 0.356 e. The number of guanidine groups is 1. The van der Waals surface area contributed by atoms with E-state index in [4.69, 9.17) is 16.1 Å². The Labute approximate surface area is 164 Å². The SMILES string of the molecule is CCC(C)NC(=NC)NCCc1nc(-c2cccc(Cl)c2)no1.I. The summed E-state index contributed by atoms with van der Waals surface area (Å²) in [5, 5.41) is 11.2. The van der Waals surface area contributed by atoms with Gasteiger partial charge in [0, 0.05) is 36.6 Å². The molecule has 0 aliphatic carbocycles. The average Bonchev–Trinajstić information content (AvgIpc) is 3.02. The van der Waals surface area contributed by atoms with Crippen molar-refractivity contribution in [3.63, 3.8) is 0 Å².